The summed E-state index contributed by atoms with van der Waals surface area (Å²) in [5, 5.41) is 4.07. The van der Waals surface area contributed by atoms with Crippen LogP contribution in [0, 0.1) is 11.3 Å². The third-order valence-corrected chi connectivity index (χ3v) is 4.37. The fourth-order valence-corrected chi connectivity index (χ4v) is 3.85. The minimum atomic E-state index is 0.199. The van der Waals surface area contributed by atoms with E-state index in [9.17, 15) is 4.79 Å². The van der Waals surface area contributed by atoms with E-state index in [-0.39, 0.29) is 17.2 Å². The quantitative estimate of drug-likeness (QED) is 0.790. The zero-order valence-electron chi connectivity index (χ0n) is 9.51. The van der Waals surface area contributed by atoms with Gasteiger partial charge in [-0.05, 0) is 24.0 Å². The van der Waals surface area contributed by atoms with E-state index in [2.05, 4.69) is 35.1 Å². The summed E-state index contributed by atoms with van der Waals surface area (Å²) in [5.41, 5.74) is 0.199. The maximum atomic E-state index is 11.8. The van der Waals surface area contributed by atoms with E-state index in [4.69, 9.17) is 0 Å². The number of nitrogens with one attached hydrogen (secondary N) is 1. The molecule has 0 aliphatic carbocycles. The van der Waals surface area contributed by atoms with Crippen LogP contribution in [0.4, 0.5) is 0 Å². The molecule has 0 aromatic carbocycles. The number of thioether (sulfide) groups is 1. The summed E-state index contributed by atoms with van der Waals surface area (Å²) in [6.45, 7) is 5.18. The van der Waals surface area contributed by atoms with E-state index in [0.29, 0.717) is 0 Å². The summed E-state index contributed by atoms with van der Waals surface area (Å²) < 4.78 is 0. The first-order valence-corrected chi connectivity index (χ1v) is 7.74. The van der Waals surface area contributed by atoms with Crippen molar-refractivity contribution in [1.82, 2.24) is 5.32 Å². The van der Waals surface area contributed by atoms with E-state index < -0.39 is 0 Å². The van der Waals surface area contributed by atoms with Gasteiger partial charge < -0.3 is 5.32 Å². The highest BCUT2D eigenvalue weighted by Crippen LogP contribution is 2.24. The summed E-state index contributed by atoms with van der Waals surface area (Å²) in [7, 11) is 0. The van der Waals surface area contributed by atoms with Crippen molar-refractivity contribution in [2.24, 2.45) is 11.3 Å². The van der Waals surface area contributed by atoms with E-state index in [1.807, 2.05) is 11.8 Å². The predicted molar refractivity (Wildman–Crippen MR) is 70.6 cm³/mol. The Kier molecular flexibility index (Phi) is 5.47. The van der Waals surface area contributed by atoms with Crippen LogP contribution in [0.15, 0.2) is 0 Å². The van der Waals surface area contributed by atoms with Crippen LogP contribution >= 0.6 is 27.7 Å². The van der Waals surface area contributed by atoms with E-state index >= 15 is 0 Å². The summed E-state index contributed by atoms with van der Waals surface area (Å²) in [6, 6.07) is 0. The third-order valence-electron chi connectivity index (χ3n) is 2.81. The fraction of sp³-hybridized carbons (Fsp3) is 0.909. The zero-order chi connectivity index (χ0) is 11.3. The Hall–Kier alpha value is 0.300. The molecule has 0 bridgehead atoms. The van der Waals surface area contributed by atoms with Gasteiger partial charge in [0.25, 0.3) is 0 Å². The number of carbonyl (C=O) groups is 1. The van der Waals surface area contributed by atoms with Crippen LogP contribution in [0.3, 0.4) is 0 Å². The fourth-order valence-electron chi connectivity index (χ4n) is 1.56. The van der Waals surface area contributed by atoms with Crippen molar-refractivity contribution in [2.75, 3.05) is 23.4 Å². The Balaban J connectivity index is 2.26. The van der Waals surface area contributed by atoms with Crippen LogP contribution in [0.2, 0.25) is 0 Å². The Morgan fingerprint density at radius 3 is 2.87 bits per heavy atom. The monoisotopic (exact) mass is 293 g/mol. The van der Waals surface area contributed by atoms with Gasteiger partial charge in [-0.25, -0.2) is 0 Å². The average molecular weight is 294 g/mol. The van der Waals surface area contributed by atoms with Gasteiger partial charge in [-0.1, -0.05) is 29.8 Å². The number of halogens is 1. The number of rotatable bonds is 5. The summed E-state index contributed by atoms with van der Waals surface area (Å²) in [4.78, 5) is 11.8. The van der Waals surface area contributed by atoms with Gasteiger partial charge >= 0.3 is 0 Å². The molecule has 1 amide bonds. The number of amides is 1. The van der Waals surface area contributed by atoms with Gasteiger partial charge in [-0.3, -0.25) is 4.79 Å². The maximum Gasteiger partial charge on any atom is 0.223 e. The van der Waals surface area contributed by atoms with Gasteiger partial charge in [-0.15, -0.1) is 0 Å². The lowest BCUT2D eigenvalue weighted by molar-refractivity contribution is -0.124. The molecule has 1 fully saturated rings. The molecular formula is C11H20BrNOS. The van der Waals surface area contributed by atoms with Crippen molar-refractivity contribution in [3.63, 3.8) is 0 Å². The van der Waals surface area contributed by atoms with Crippen LogP contribution in [-0.2, 0) is 4.79 Å². The van der Waals surface area contributed by atoms with Gasteiger partial charge in [0.15, 0.2) is 0 Å². The lowest BCUT2D eigenvalue weighted by Crippen LogP contribution is -2.37. The molecule has 0 spiro atoms. The molecule has 1 heterocycles. The molecule has 1 rings (SSSR count). The molecular weight excluding hydrogens is 274 g/mol. The molecule has 0 radical (unpaired) electrons. The van der Waals surface area contributed by atoms with E-state index in [0.717, 1.165) is 36.2 Å². The van der Waals surface area contributed by atoms with Gasteiger partial charge in [0.2, 0.25) is 5.91 Å². The van der Waals surface area contributed by atoms with Crippen LogP contribution in [0.1, 0.15) is 26.7 Å². The highest BCUT2D eigenvalue weighted by atomic mass is 79.9. The SMILES string of the molecule is CC(C)(CCBr)CNC(=O)C1CCSC1. The topological polar surface area (TPSA) is 29.1 Å². The molecule has 1 N–H and O–H groups in total. The Bertz CT molecular complexity index is 215. The van der Waals surface area contributed by atoms with Crippen molar-refractivity contribution in [1.29, 1.82) is 0 Å². The molecule has 1 aliphatic heterocycles. The lowest BCUT2D eigenvalue weighted by Gasteiger charge is -2.24. The number of hydrogen-bond acceptors (Lipinski definition) is 2. The minimum Gasteiger partial charge on any atom is -0.355 e. The van der Waals surface area contributed by atoms with Crippen molar-refractivity contribution in [3.05, 3.63) is 0 Å². The molecule has 4 heteroatoms. The second kappa shape index (κ2) is 6.14. The second-order valence-corrected chi connectivity index (χ2v) is 6.82. The summed E-state index contributed by atoms with van der Waals surface area (Å²) >= 11 is 5.33. The highest BCUT2D eigenvalue weighted by Gasteiger charge is 2.25. The zero-order valence-corrected chi connectivity index (χ0v) is 11.9. The molecule has 1 atom stereocenters. The molecule has 0 aromatic rings. The largest absolute Gasteiger partial charge is 0.355 e. The van der Waals surface area contributed by atoms with Crippen LogP contribution < -0.4 is 5.32 Å². The predicted octanol–water partition coefficient (Wildman–Crippen LogP) is 2.67. The highest BCUT2D eigenvalue weighted by molar-refractivity contribution is 9.09. The smallest absolute Gasteiger partial charge is 0.223 e. The Morgan fingerprint density at radius 1 is 1.60 bits per heavy atom. The number of carbonyl (C=O) groups excluding carboxylic acids is 1. The van der Waals surface area contributed by atoms with Gasteiger partial charge in [0.1, 0.15) is 0 Å². The average Bonchev–Trinajstić information content (AvgIpc) is 2.67. The van der Waals surface area contributed by atoms with Crippen molar-refractivity contribution in [3.8, 4) is 0 Å². The first kappa shape index (κ1) is 13.4. The number of alkyl halides is 1. The first-order valence-electron chi connectivity index (χ1n) is 5.46. The third kappa shape index (κ3) is 4.77. The van der Waals surface area contributed by atoms with Gasteiger partial charge in [0.05, 0.1) is 0 Å². The van der Waals surface area contributed by atoms with Crippen LogP contribution in [0.5, 0.6) is 0 Å². The normalized spacial score (nSPS) is 21.7. The molecule has 1 aliphatic rings. The number of hydrogen-bond donors (Lipinski definition) is 1. The first-order chi connectivity index (χ1) is 7.05. The maximum absolute atomic E-state index is 11.8. The molecule has 0 aromatic heterocycles. The van der Waals surface area contributed by atoms with Crippen LogP contribution in [0.25, 0.3) is 0 Å². The minimum absolute atomic E-state index is 0.199. The molecule has 1 unspecified atom stereocenters. The summed E-state index contributed by atoms with van der Waals surface area (Å²) in [6.07, 6.45) is 2.14. The Labute approximate surface area is 105 Å². The van der Waals surface area contributed by atoms with Crippen molar-refractivity contribution >= 4 is 33.6 Å². The Morgan fingerprint density at radius 2 is 2.33 bits per heavy atom. The van der Waals surface area contributed by atoms with E-state index in [1.165, 1.54) is 0 Å². The van der Waals surface area contributed by atoms with E-state index in [1.54, 1.807) is 0 Å². The lowest BCUT2D eigenvalue weighted by atomic mass is 9.90. The van der Waals surface area contributed by atoms with Crippen LogP contribution in [-0.4, -0.2) is 29.3 Å². The van der Waals surface area contributed by atoms with Crippen molar-refractivity contribution < 1.29 is 4.79 Å². The molecule has 2 nitrogen and oxygen atoms in total. The van der Waals surface area contributed by atoms with Crippen molar-refractivity contribution in [2.45, 2.75) is 26.7 Å². The standard InChI is InChI=1S/C11H20BrNOS/c1-11(2,4-5-12)8-13-10(14)9-3-6-15-7-9/h9H,3-8H2,1-2H3,(H,13,14). The molecule has 0 saturated carbocycles. The second-order valence-electron chi connectivity index (χ2n) is 4.88. The van der Waals surface area contributed by atoms with Gasteiger partial charge in [-0.2, -0.15) is 11.8 Å². The summed E-state index contributed by atoms with van der Waals surface area (Å²) in [5.74, 6) is 2.66. The molecule has 15 heavy (non-hydrogen) atoms. The molecule has 88 valence electrons. The molecule has 1 saturated heterocycles. The van der Waals surface area contributed by atoms with Gasteiger partial charge in [0, 0.05) is 23.5 Å².